The van der Waals surface area contributed by atoms with Gasteiger partial charge in [-0.1, -0.05) is 30.3 Å². The largest absolute Gasteiger partial charge is 0.355 e. The lowest BCUT2D eigenvalue weighted by Gasteiger charge is -1.92. The second-order valence-electron chi connectivity index (χ2n) is 8.21. The lowest BCUT2D eigenvalue weighted by atomic mass is 10.2. The van der Waals surface area contributed by atoms with E-state index in [-0.39, 0.29) is 0 Å². The fourth-order valence-corrected chi connectivity index (χ4v) is 3.96. The van der Waals surface area contributed by atoms with E-state index in [9.17, 15) is 0 Å². The molecular weight excluding hydrogens is 432 g/mol. The minimum absolute atomic E-state index is 0.915. The predicted molar refractivity (Wildman–Crippen MR) is 143 cm³/mol. The van der Waals surface area contributed by atoms with Crippen molar-refractivity contribution in [1.29, 1.82) is 0 Å². The fraction of sp³-hybridized carbons (Fsp3) is 0. The summed E-state index contributed by atoms with van der Waals surface area (Å²) in [7, 11) is 0. The molecule has 0 aliphatic carbocycles. The Morgan fingerprint density at radius 1 is 0.514 bits per heavy atom. The zero-order valence-corrected chi connectivity index (χ0v) is 18.8. The first kappa shape index (κ1) is 20.6. The molecule has 0 unspecified atom stereocenters. The van der Waals surface area contributed by atoms with Gasteiger partial charge in [-0.05, 0) is 72.8 Å². The highest BCUT2D eigenvalue weighted by Gasteiger charge is 2.02. The highest BCUT2D eigenvalue weighted by Crippen LogP contribution is 2.17. The topological polar surface area (TPSA) is 86.0 Å². The molecule has 1 aromatic carbocycles. The van der Waals surface area contributed by atoms with Crippen LogP contribution >= 0.6 is 0 Å². The molecule has 5 aromatic rings. The van der Waals surface area contributed by atoms with Crippen LogP contribution in [0, 0.1) is 0 Å². The SMILES string of the molecule is C1=Cc2cc3ccc(cc4ccc(cc5nc(cc1n2)C=C5)[nH]4)[nH]3.c1ccc(-c2ncc[nH]2)cc1. The van der Waals surface area contributed by atoms with Crippen molar-refractivity contribution in [2.75, 3.05) is 0 Å². The molecule has 6 nitrogen and oxygen atoms in total. The highest BCUT2D eigenvalue weighted by atomic mass is 14.9. The number of aromatic nitrogens is 6. The van der Waals surface area contributed by atoms with Gasteiger partial charge in [-0.15, -0.1) is 0 Å². The third-order valence-electron chi connectivity index (χ3n) is 5.59. The molecule has 168 valence electrons. The van der Waals surface area contributed by atoms with Crippen molar-refractivity contribution >= 4 is 46.4 Å². The van der Waals surface area contributed by atoms with Gasteiger partial charge < -0.3 is 15.0 Å². The van der Waals surface area contributed by atoms with E-state index in [0.29, 0.717) is 0 Å². The third-order valence-corrected chi connectivity index (χ3v) is 5.59. The van der Waals surface area contributed by atoms with Crippen LogP contribution in [0.1, 0.15) is 22.8 Å². The molecule has 4 aromatic heterocycles. The number of rotatable bonds is 1. The standard InChI is InChI=1S/C20H14N4.C9H8N2/c1-2-14-10-16-5-6-18(23-16)12-20-8-7-19(24-20)11-17-4-3-15(22-17)9-13(1)21-14;1-2-4-8(5-3-1)9-10-6-7-11-9/h1-12,21-22H;1-7H,(H,10,11). The van der Waals surface area contributed by atoms with E-state index in [1.165, 1.54) is 0 Å². The second-order valence-corrected chi connectivity index (χ2v) is 8.21. The maximum absolute atomic E-state index is 4.62. The minimum atomic E-state index is 0.915. The van der Waals surface area contributed by atoms with Crippen molar-refractivity contribution in [3.63, 3.8) is 0 Å². The van der Waals surface area contributed by atoms with E-state index in [1.807, 2.05) is 79.0 Å². The highest BCUT2D eigenvalue weighted by molar-refractivity contribution is 5.77. The molecule has 2 aliphatic rings. The average Bonchev–Trinajstić information content (AvgIpc) is 3.69. The van der Waals surface area contributed by atoms with E-state index in [4.69, 9.17) is 0 Å². The van der Waals surface area contributed by atoms with Gasteiger partial charge >= 0.3 is 0 Å². The van der Waals surface area contributed by atoms with E-state index >= 15 is 0 Å². The van der Waals surface area contributed by atoms with Crippen molar-refractivity contribution in [2.24, 2.45) is 0 Å². The molecule has 0 saturated heterocycles. The first-order chi connectivity index (χ1) is 17.3. The number of benzene rings is 1. The summed E-state index contributed by atoms with van der Waals surface area (Å²) in [6, 6.07) is 26.4. The third kappa shape index (κ3) is 4.86. The van der Waals surface area contributed by atoms with Crippen LogP contribution in [0.5, 0.6) is 0 Å². The molecule has 2 aliphatic heterocycles. The Bertz CT molecular complexity index is 1600. The number of nitrogens with zero attached hydrogens (tertiary/aromatic N) is 3. The summed E-state index contributed by atoms with van der Waals surface area (Å²) >= 11 is 0. The summed E-state index contributed by atoms with van der Waals surface area (Å²) in [6.07, 6.45) is 11.6. The molecule has 7 rings (SSSR count). The van der Waals surface area contributed by atoms with Crippen LogP contribution in [0.4, 0.5) is 0 Å². The number of aromatic amines is 3. The quantitative estimate of drug-likeness (QED) is 0.257. The van der Waals surface area contributed by atoms with Crippen molar-refractivity contribution in [1.82, 2.24) is 29.9 Å². The molecule has 0 saturated carbocycles. The lowest BCUT2D eigenvalue weighted by molar-refractivity contribution is 1.28. The van der Waals surface area contributed by atoms with Crippen LogP contribution in [0.25, 0.3) is 57.8 Å². The second kappa shape index (κ2) is 9.11. The monoisotopic (exact) mass is 454 g/mol. The molecule has 8 bridgehead atoms. The van der Waals surface area contributed by atoms with Gasteiger partial charge in [0.25, 0.3) is 0 Å². The molecule has 3 N–H and O–H groups in total. The maximum Gasteiger partial charge on any atom is 0.137 e. The van der Waals surface area contributed by atoms with Gasteiger partial charge in [0, 0.05) is 40.0 Å². The van der Waals surface area contributed by atoms with Crippen LogP contribution in [0.2, 0.25) is 0 Å². The minimum Gasteiger partial charge on any atom is -0.355 e. The first-order valence-electron chi connectivity index (χ1n) is 11.4. The lowest BCUT2D eigenvalue weighted by Crippen LogP contribution is -1.77. The Morgan fingerprint density at radius 3 is 1.54 bits per heavy atom. The number of hydrogen-bond acceptors (Lipinski definition) is 3. The Kier molecular flexibility index (Phi) is 5.37. The summed E-state index contributed by atoms with van der Waals surface area (Å²) in [6.45, 7) is 0. The average molecular weight is 455 g/mol. The molecule has 6 heteroatoms. The van der Waals surface area contributed by atoms with Crippen LogP contribution in [0.3, 0.4) is 0 Å². The van der Waals surface area contributed by atoms with Crippen molar-refractivity contribution in [2.45, 2.75) is 0 Å². The van der Waals surface area contributed by atoms with Gasteiger partial charge in [0.15, 0.2) is 0 Å². The van der Waals surface area contributed by atoms with Crippen molar-refractivity contribution in [3.8, 4) is 11.4 Å². The molecule has 0 atom stereocenters. The van der Waals surface area contributed by atoms with Gasteiger partial charge in [0.05, 0.1) is 22.8 Å². The molecule has 0 amide bonds. The number of imidazole rings is 1. The predicted octanol–water partition coefficient (Wildman–Crippen LogP) is 6.73. The molecule has 0 radical (unpaired) electrons. The number of nitrogens with one attached hydrogen (secondary N) is 3. The van der Waals surface area contributed by atoms with Gasteiger partial charge in [0.2, 0.25) is 0 Å². The number of H-pyrrole nitrogens is 3. The van der Waals surface area contributed by atoms with E-state index in [0.717, 1.165) is 56.2 Å². The Balaban J connectivity index is 0.000000174. The van der Waals surface area contributed by atoms with Crippen LogP contribution < -0.4 is 0 Å². The maximum atomic E-state index is 4.62. The van der Waals surface area contributed by atoms with Crippen LogP contribution in [0.15, 0.2) is 91.3 Å². The fourth-order valence-electron chi connectivity index (χ4n) is 3.96. The molecule has 6 heterocycles. The number of hydrogen-bond donors (Lipinski definition) is 3. The molecular formula is C29H22N6. The zero-order valence-electron chi connectivity index (χ0n) is 18.8. The molecule has 35 heavy (non-hydrogen) atoms. The van der Waals surface area contributed by atoms with Crippen LogP contribution in [-0.4, -0.2) is 29.9 Å². The number of fused-ring (bicyclic) bond motifs is 8. The van der Waals surface area contributed by atoms with Gasteiger partial charge in [-0.2, -0.15) is 0 Å². The summed E-state index contributed by atoms with van der Waals surface area (Å²) in [5.74, 6) is 0.922. The normalized spacial score (nSPS) is 11.8. The summed E-state index contributed by atoms with van der Waals surface area (Å²) in [5.41, 5.74) is 8.98. The summed E-state index contributed by atoms with van der Waals surface area (Å²) < 4.78 is 0. The first-order valence-corrected chi connectivity index (χ1v) is 11.4. The van der Waals surface area contributed by atoms with Gasteiger partial charge in [-0.3, -0.25) is 0 Å². The van der Waals surface area contributed by atoms with Crippen molar-refractivity contribution in [3.05, 3.63) is 114 Å². The molecule has 0 spiro atoms. The Labute approximate surface area is 201 Å². The van der Waals surface area contributed by atoms with Crippen molar-refractivity contribution < 1.29 is 0 Å². The summed E-state index contributed by atoms with van der Waals surface area (Å²) in [4.78, 5) is 23.2. The van der Waals surface area contributed by atoms with Gasteiger partial charge in [0.1, 0.15) is 5.82 Å². The Hall–Kier alpha value is -4.97. The molecule has 0 fully saturated rings. The smallest absolute Gasteiger partial charge is 0.137 e. The van der Waals surface area contributed by atoms with E-state index < -0.39 is 0 Å². The van der Waals surface area contributed by atoms with E-state index in [1.54, 1.807) is 6.20 Å². The van der Waals surface area contributed by atoms with Gasteiger partial charge in [-0.25, -0.2) is 15.0 Å². The van der Waals surface area contributed by atoms with Crippen LogP contribution in [-0.2, 0) is 0 Å². The summed E-state index contributed by atoms with van der Waals surface area (Å²) in [5, 5.41) is 0. The Morgan fingerprint density at radius 2 is 1.03 bits per heavy atom. The van der Waals surface area contributed by atoms with E-state index in [2.05, 4.69) is 60.2 Å². The zero-order chi connectivity index (χ0) is 23.5.